The summed E-state index contributed by atoms with van der Waals surface area (Å²) in [6.45, 7) is 9.59. The minimum atomic E-state index is 0. The topological polar surface area (TPSA) is 78.2 Å². The van der Waals surface area contributed by atoms with Crippen molar-refractivity contribution < 1.29 is 9.15 Å². The molecule has 0 bridgehead atoms. The summed E-state index contributed by atoms with van der Waals surface area (Å²) in [5.74, 6) is 2.72. The summed E-state index contributed by atoms with van der Waals surface area (Å²) in [5, 5.41) is 6.70. The molecule has 0 aliphatic carbocycles. The van der Waals surface area contributed by atoms with Gasteiger partial charge < -0.3 is 29.6 Å². The van der Waals surface area contributed by atoms with Crippen LogP contribution in [0, 0.1) is 0 Å². The summed E-state index contributed by atoms with van der Waals surface area (Å²) in [4.78, 5) is 14.1. The van der Waals surface area contributed by atoms with Crippen molar-refractivity contribution >= 4 is 35.8 Å². The lowest BCUT2D eigenvalue weighted by molar-refractivity contribution is 0.105. The molecule has 2 N–H and O–H groups in total. The molecule has 1 aliphatic rings. The minimum Gasteiger partial charge on any atom is -0.467 e. The van der Waals surface area contributed by atoms with Gasteiger partial charge in [0.15, 0.2) is 5.96 Å². The third kappa shape index (κ3) is 8.66. The van der Waals surface area contributed by atoms with Crippen LogP contribution in [0.5, 0.6) is 0 Å². The Balaban J connectivity index is 0.00000341. The standard InChI is InChI=1S/C22H34N6O2.HI/c1-3-23-22(25-10-6-15-29-18-20-8-5-16-30-20)26-17-19-7-4-9-24-21(19)28-13-11-27(2)12-14-28;/h4-5,7-9,16H,3,6,10-15,17-18H2,1-2H3,(H2,23,25,26);1H. The maximum absolute atomic E-state index is 5.63. The fourth-order valence-corrected chi connectivity index (χ4v) is 3.31. The summed E-state index contributed by atoms with van der Waals surface area (Å²) < 4.78 is 10.9. The molecule has 2 aromatic rings. The van der Waals surface area contributed by atoms with Crippen LogP contribution in [0.4, 0.5) is 5.82 Å². The molecule has 0 amide bonds. The fourth-order valence-electron chi connectivity index (χ4n) is 3.31. The Labute approximate surface area is 202 Å². The Kier molecular flexibility index (Phi) is 11.7. The van der Waals surface area contributed by atoms with E-state index in [1.54, 1.807) is 6.26 Å². The molecule has 0 spiro atoms. The van der Waals surface area contributed by atoms with Crippen molar-refractivity contribution in [1.82, 2.24) is 20.5 Å². The van der Waals surface area contributed by atoms with Crippen molar-refractivity contribution in [2.24, 2.45) is 4.99 Å². The van der Waals surface area contributed by atoms with E-state index < -0.39 is 0 Å². The molecular weight excluding hydrogens is 507 g/mol. The highest BCUT2D eigenvalue weighted by Crippen LogP contribution is 2.19. The summed E-state index contributed by atoms with van der Waals surface area (Å²) in [6.07, 6.45) is 4.43. The Bertz CT molecular complexity index is 763. The summed E-state index contributed by atoms with van der Waals surface area (Å²) >= 11 is 0. The molecule has 0 unspecified atom stereocenters. The van der Waals surface area contributed by atoms with Gasteiger partial charge in [0.05, 0.1) is 12.8 Å². The molecular formula is C22H35IN6O2. The zero-order valence-electron chi connectivity index (χ0n) is 18.5. The molecule has 1 aliphatic heterocycles. The van der Waals surface area contributed by atoms with Crippen LogP contribution in [0.2, 0.25) is 0 Å². The van der Waals surface area contributed by atoms with Gasteiger partial charge in [-0.3, -0.25) is 0 Å². The number of nitrogens with one attached hydrogen (secondary N) is 2. The van der Waals surface area contributed by atoms with Gasteiger partial charge in [0, 0.05) is 57.6 Å². The van der Waals surface area contributed by atoms with E-state index in [-0.39, 0.29) is 24.0 Å². The quantitative estimate of drug-likeness (QED) is 0.207. The Morgan fingerprint density at radius 3 is 2.77 bits per heavy atom. The number of likely N-dealkylation sites (N-methyl/N-ethyl adjacent to an activating group) is 1. The Morgan fingerprint density at radius 2 is 2.03 bits per heavy atom. The smallest absolute Gasteiger partial charge is 0.191 e. The van der Waals surface area contributed by atoms with E-state index >= 15 is 0 Å². The number of furan rings is 1. The largest absolute Gasteiger partial charge is 0.467 e. The molecule has 172 valence electrons. The van der Waals surface area contributed by atoms with E-state index in [0.29, 0.717) is 19.8 Å². The number of aliphatic imine (C=N–C) groups is 1. The SMILES string of the molecule is CCNC(=NCc1cccnc1N1CCN(C)CC1)NCCCOCc1ccco1.I. The number of ether oxygens (including phenoxy) is 1. The van der Waals surface area contributed by atoms with Gasteiger partial charge in [-0.2, -0.15) is 0 Å². The van der Waals surface area contributed by atoms with Crippen molar-refractivity contribution in [1.29, 1.82) is 0 Å². The van der Waals surface area contributed by atoms with Gasteiger partial charge in [0.1, 0.15) is 18.2 Å². The monoisotopic (exact) mass is 542 g/mol. The Hall–Kier alpha value is -1.85. The van der Waals surface area contributed by atoms with Crippen LogP contribution in [0.1, 0.15) is 24.7 Å². The van der Waals surface area contributed by atoms with Crippen molar-refractivity contribution in [3.63, 3.8) is 0 Å². The number of piperazine rings is 1. The van der Waals surface area contributed by atoms with Crippen molar-refractivity contribution in [2.75, 3.05) is 57.8 Å². The molecule has 31 heavy (non-hydrogen) atoms. The molecule has 3 heterocycles. The van der Waals surface area contributed by atoms with Crippen LogP contribution < -0.4 is 15.5 Å². The number of aromatic nitrogens is 1. The molecule has 0 saturated carbocycles. The van der Waals surface area contributed by atoms with E-state index in [9.17, 15) is 0 Å². The molecule has 0 aromatic carbocycles. The number of rotatable bonds is 10. The number of halogens is 1. The van der Waals surface area contributed by atoms with Crippen LogP contribution in [0.25, 0.3) is 0 Å². The van der Waals surface area contributed by atoms with E-state index in [2.05, 4.69) is 45.5 Å². The molecule has 0 radical (unpaired) electrons. The lowest BCUT2D eigenvalue weighted by atomic mass is 10.2. The van der Waals surface area contributed by atoms with Gasteiger partial charge >= 0.3 is 0 Å². The zero-order chi connectivity index (χ0) is 21.0. The molecule has 8 nitrogen and oxygen atoms in total. The summed E-state index contributed by atoms with van der Waals surface area (Å²) in [6, 6.07) is 7.90. The lowest BCUT2D eigenvalue weighted by Gasteiger charge is -2.34. The van der Waals surface area contributed by atoms with Crippen LogP contribution in [0.3, 0.4) is 0 Å². The molecule has 0 atom stereocenters. The van der Waals surface area contributed by atoms with Gasteiger partial charge in [-0.15, -0.1) is 24.0 Å². The van der Waals surface area contributed by atoms with Gasteiger partial charge in [-0.25, -0.2) is 9.98 Å². The third-order valence-corrected chi connectivity index (χ3v) is 5.00. The second-order valence-electron chi connectivity index (χ2n) is 7.38. The molecule has 1 saturated heterocycles. The highest BCUT2D eigenvalue weighted by atomic mass is 127. The number of hydrogen-bond acceptors (Lipinski definition) is 6. The van der Waals surface area contributed by atoms with Gasteiger partial charge in [0.2, 0.25) is 0 Å². The average Bonchev–Trinajstić information content (AvgIpc) is 3.29. The van der Waals surface area contributed by atoms with Crippen LogP contribution in [0.15, 0.2) is 46.1 Å². The first kappa shape index (κ1) is 25.4. The maximum atomic E-state index is 5.63. The van der Waals surface area contributed by atoms with E-state index in [4.69, 9.17) is 14.1 Å². The second kappa shape index (κ2) is 14.3. The number of guanidine groups is 1. The Morgan fingerprint density at radius 1 is 1.19 bits per heavy atom. The van der Waals surface area contributed by atoms with Crippen molar-refractivity contribution in [3.8, 4) is 0 Å². The van der Waals surface area contributed by atoms with Crippen LogP contribution in [-0.4, -0.2) is 68.8 Å². The van der Waals surface area contributed by atoms with Crippen molar-refractivity contribution in [2.45, 2.75) is 26.5 Å². The summed E-state index contributed by atoms with van der Waals surface area (Å²) in [5.41, 5.74) is 1.15. The van der Waals surface area contributed by atoms with E-state index in [1.807, 2.05) is 24.4 Å². The predicted molar refractivity (Wildman–Crippen MR) is 135 cm³/mol. The van der Waals surface area contributed by atoms with Gasteiger partial charge in [-0.05, 0) is 38.6 Å². The number of pyridine rings is 1. The number of hydrogen-bond donors (Lipinski definition) is 2. The highest BCUT2D eigenvalue weighted by molar-refractivity contribution is 14.0. The fraction of sp³-hybridized carbons (Fsp3) is 0.545. The van der Waals surface area contributed by atoms with E-state index in [0.717, 1.165) is 68.8 Å². The van der Waals surface area contributed by atoms with Gasteiger partial charge in [-0.1, -0.05) is 6.07 Å². The highest BCUT2D eigenvalue weighted by Gasteiger charge is 2.17. The van der Waals surface area contributed by atoms with Crippen molar-refractivity contribution in [3.05, 3.63) is 48.0 Å². The van der Waals surface area contributed by atoms with Gasteiger partial charge in [0.25, 0.3) is 0 Å². The molecule has 9 heteroatoms. The lowest BCUT2D eigenvalue weighted by Crippen LogP contribution is -2.45. The maximum Gasteiger partial charge on any atom is 0.191 e. The first-order chi connectivity index (χ1) is 14.8. The molecule has 3 rings (SSSR count). The normalized spacial score (nSPS) is 14.9. The average molecular weight is 542 g/mol. The zero-order valence-corrected chi connectivity index (χ0v) is 20.9. The molecule has 2 aromatic heterocycles. The first-order valence-corrected chi connectivity index (χ1v) is 10.8. The van der Waals surface area contributed by atoms with Crippen LogP contribution in [-0.2, 0) is 17.9 Å². The number of nitrogens with zero attached hydrogens (tertiary/aromatic N) is 4. The first-order valence-electron chi connectivity index (χ1n) is 10.8. The van der Waals surface area contributed by atoms with Crippen LogP contribution >= 0.6 is 24.0 Å². The predicted octanol–water partition coefficient (Wildman–Crippen LogP) is 2.71. The molecule has 1 fully saturated rings. The van der Waals surface area contributed by atoms with E-state index in [1.165, 1.54) is 0 Å². The minimum absolute atomic E-state index is 0. The third-order valence-electron chi connectivity index (χ3n) is 5.00. The number of anilines is 1. The second-order valence-corrected chi connectivity index (χ2v) is 7.38. The summed E-state index contributed by atoms with van der Waals surface area (Å²) in [7, 11) is 2.16.